The molecule has 1 unspecified atom stereocenters. The van der Waals surface area contributed by atoms with Crippen LogP contribution in [0, 0.1) is 5.92 Å². The fraction of sp³-hybridized carbons (Fsp3) is 0.292. The van der Waals surface area contributed by atoms with Crippen LogP contribution in [0.15, 0.2) is 48.7 Å². The minimum absolute atomic E-state index is 0.366. The molecular weight excluding hydrogens is 472 g/mol. The molecular formula is C24H28ClN6O2S. The van der Waals surface area contributed by atoms with E-state index in [2.05, 4.69) is 38.1 Å². The molecule has 10 heteroatoms. The maximum Gasteiger partial charge on any atom is 0.229 e. The molecule has 3 aromatic rings. The van der Waals surface area contributed by atoms with Crippen molar-refractivity contribution in [3.63, 3.8) is 0 Å². The highest BCUT2D eigenvalue weighted by Gasteiger charge is 2.19. The summed E-state index contributed by atoms with van der Waals surface area (Å²) in [4.78, 5) is 8.89. The van der Waals surface area contributed by atoms with E-state index in [0.717, 1.165) is 43.0 Å². The van der Waals surface area contributed by atoms with Crippen LogP contribution in [0.2, 0.25) is 5.02 Å². The third kappa shape index (κ3) is 5.67. The molecule has 4 rings (SSSR count). The van der Waals surface area contributed by atoms with Crippen LogP contribution < -0.4 is 25.0 Å². The molecule has 1 aromatic heterocycles. The van der Waals surface area contributed by atoms with Gasteiger partial charge in [-0.2, -0.15) is 9.29 Å². The lowest BCUT2D eigenvalue weighted by molar-refractivity contribution is 0.416. The monoisotopic (exact) mass is 499 g/mol. The molecule has 0 spiro atoms. The molecule has 0 bridgehead atoms. The first kappa shape index (κ1) is 24.4. The van der Waals surface area contributed by atoms with E-state index in [1.807, 2.05) is 30.3 Å². The lowest BCUT2D eigenvalue weighted by Crippen LogP contribution is -2.27. The molecule has 1 radical (unpaired) electrons. The molecule has 2 heterocycles. The van der Waals surface area contributed by atoms with Crippen LogP contribution >= 0.6 is 11.6 Å². The number of hydrogen-bond acceptors (Lipinski definition) is 8. The van der Waals surface area contributed by atoms with E-state index in [-0.39, 0.29) is 0 Å². The Bertz CT molecular complexity index is 1130. The van der Waals surface area contributed by atoms with Gasteiger partial charge >= 0.3 is 0 Å². The fourth-order valence-electron chi connectivity index (χ4n) is 3.79. The van der Waals surface area contributed by atoms with Crippen LogP contribution in [-0.2, 0) is 11.4 Å². The van der Waals surface area contributed by atoms with Crippen LogP contribution in [0.25, 0.3) is 0 Å². The number of halogens is 1. The highest BCUT2D eigenvalue weighted by molar-refractivity contribution is 7.92. The summed E-state index contributed by atoms with van der Waals surface area (Å²) >= 11 is 5.21. The lowest BCUT2D eigenvalue weighted by atomic mass is 9.90. The summed E-state index contributed by atoms with van der Waals surface area (Å²) < 4.78 is 19.3. The van der Waals surface area contributed by atoms with Crippen LogP contribution in [0.1, 0.15) is 18.4 Å². The van der Waals surface area contributed by atoms with Crippen molar-refractivity contribution < 1.29 is 9.29 Å². The Kier molecular flexibility index (Phi) is 7.99. The zero-order chi connectivity index (χ0) is 24.1. The summed E-state index contributed by atoms with van der Waals surface area (Å²) in [6.45, 7) is 2.00. The van der Waals surface area contributed by atoms with Crippen molar-refractivity contribution in [2.24, 2.45) is 0 Å². The molecule has 1 saturated heterocycles. The number of hydrogen-bond donors (Lipinski definition) is 3. The van der Waals surface area contributed by atoms with E-state index in [9.17, 15) is 4.55 Å². The lowest BCUT2D eigenvalue weighted by Gasteiger charge is -2.23. The molecule has 1 fully saturated rings. The predicted molar refractivity (Wildman–Crippen MR) is 140 cm³/mol. The Labute approximate surface area is 208 Å². The van der Waals surface area contributed by atoms with E-state index in [4.69, 9.17) is 16.3 Å². The van der Waals surface area contributed by atoms with Crippen molar-refractivity contribution in [3.05, 3.63) is 65.2 Å². The standard InChI is InChI=1S/C24H28ClN6O2S/c1-31(34(3)32)21-7-5-4-6-19(21)28-23-18(25)15-27-24(30-23)29-20-9-8-17(14-22(20)33-2)16-10-12-26-13-11-16/h4-9,14-15,26H,10-13H2,1-3H3,(H2,27,28,29,30). The summed E-state index contributed by atoms with van der Waals surface area (Å²) in [6, 6.07) is 13.7. The number of ether oxygens (including phenoxy) is 1. The number of anilines is 5. The van der Waals surface area contributed by atoms with Gasteiger partial charge < -0.3 is 25.2 Å². The normalized spacial score (nSPS) is 15.0. The summed E-state index contributed by atoms with van der Waals surface area (Å²) in [7, 11) is 3.42. The zero-order valence-electron chi connectivity index (χ0n) is 19.4. The number of methoxy groups -OCH3 is 1. The molecule has 2 aromatic carbocycles. The van der Waals surface area contributed by atoms with Crippen molar-refractivity contribution in [3.8, 4) is 5.75 Å². The molecule has 0 saturated carbocycles. The van der Waals surface area contributed by atoms with E-state index in [1.165, 1.54) is 17.7 Å². The third-order valence-electron chi connectivity index (χ3n) is 5.69. The van der Waals surface area contributed by atoms with Crippen molar-refractivity contribution in [2.75, 3.05) is 48.4 Å². The third-order valence-corrected chi connectivity index (χ3v) is 6.93. The molecule has 0 amide bonds. The molecule has 8 nitrogen and oxygen atoms in total. The Balaban J connectivity index is 1.56. The van der Waals surface area contributed by atoms with Crippen molar-refractivity contribution in [2.45, 2.75) is 12.8 Å². The maximum absolute atomic E-state index is 12.0. The average Bonchev–Trinajstić information content (AvgIpc) is 2.86. The predicted octanol–water partition coefficient (Wildman–Crippen LogP) is 4.66. The molecule has 3 N–H and O–H groups in total. The minimum Gasteiger partial charge on any atom is -0.593 e. The van der Waals surface area contributed by atoms with E-state index in [1.54, 1.807) is 24.7 Å². The first-order valence-corrected chi connectivity index (χ1v) is 12.8. The van der Waals surface area contributed by atoms with Gasteiger partial charge in [-0.15, -0.1) is 0 Å². The molecule has 1 atom stereocenters. The second-order valence-corrected chi connectivity index (χ2v) is 9.65. The summed E-state index contributed by atoms with van der Waals surface area (Å²) in [6.07, 6.45) is 5.23. The summed E-state index contributed by atoms with van der Waals surface area (Å²) in [5.74, 6) is 2.95. The Morgan fingerprint density at radius 2 is 1.88 bits per heavy atom. The van der Waals surface area contributed by atoms with Crippen LogP contribution in [0.5, 0.6) is 5.75 Å². The van der Waals surface area contributed by atoms with E-state index in [0.29, 0.717) is 22.5 Å². The largest absolute Gasteiger partial charge is 0.593 e. The van der Waals surface area contributed by atoms with Gasteiger partial charge in [-0.05, 0) is 55.8 Å². The quantitative estimate of drug-likeness (QED) is 0.385. The first-order chi connectivity index (χ1) is 16.5. The molecule has 34 heavy (non-hydrogen) atoms. The van der Waals surface area contributed by atoms with Gasteiger partial charge in [0.15, 0.2) is 5.82 Å². The van der Waals surface area contributed by atoms with Crippen molar-refractivity contribution in [1.82, 2.24) is 15.3 Å². The van der Waals surface area contributed by atoms with Crippen LogP contribution in [0.4, 0.5) is 28.8 Å². The molecule has 1 aliphatic heterocycles. The van der Waals surface area contributed by atoms with E-state index < -0.39 is 11.4 Å². The van der Waals surface area contributed by atoms with Crippen molar-refractivity contribution in [1.29, 1.82) is 0 Å². The summed E-state index contributed by atoms with van der Waals surface area (Å²) in [5.41, 5.74) is 3.45. The Hall–Kier alpha value is -2.72. The minimum atomic E-state index is -1.18. The second-order valence-electron chi connectivity index (χ2n) is 7.85. The fourth-order valence-corrected chi connectivity index (χ4v) is 4.36. The van der Waals surface area contributed by atoms with Gasteiger partial charge in [-0.25, -0.2) is 4.98 Å². The zero-order valence-corrected chi connectivity index (χ0v) is 21.0. The maximum atomic E-state index is 12.0. The second kappa shape index (κ2) is 11.1. The van der Waals surface area contributed by atoms with Gasteiger partial charge in [0.1, 0.15) is 22.7 Å². The SMILES string of the molecule is COc1cc([C]2CCNCC2)ccc1Nc1ncc(Cl)c(Nc2ccccc2N(C)[S+](C)[O-])n1. The highest BCUT2D eigenvalue weighted by atomic mass is 35.5. The number of nitrogens with one attached hydrogen (secondary N) is 3. The van der Waals surface area contributed by atoms with Gasteiger partial charge in [0.25, 0.3) is 0 Å². The highest BCUT2D eigenvalue weighted by Crippen LogP contribution is 2.35. The van der Waals surface area contributed by atoms with Crippen LogP contribution in [0.3, 0.4) is 0 Å². The van der Waals surface area contributed by atoms with Gasteiger partial charge in [0.05, 0.1) is 43.1 Å². The first-order valence-electron chi connectivity index (χ1n) is 10.9. The Morgan fingerprint density at radius 3 is 2.62 bits per heavy atom. The number of aromatic nitrogens is 2. The summed E-state index contributed by atoms with van der Waals surface area (Å²) in [5, 5.41) is 10.2. The molecule has 179 valence electrons. The smallest absolute Gasteiger partial charge is 0.229 e. The molecule has 0 aliphatic carbocycles. The van der Waals surface area contributed by atoms with Gasteiger partial charge in [0.2, 0.25) is 5.95 Å². The van der Waals surface area contributed by atoms with Crippen LogP contribution in [-0.4, -0.2) is 48.0 Å². The van der Waals surface area contributed by atoms with Gasteiger partial charge in [0, 0.05) is 5.92 Å². The van der Waals surface area contributed by atoms with Crippen molar-refractivity contribution >= 4 is 51.8 Å². The van der Waals surface area contributed by atoms with Gasteiger partial charge in [-0.1, -0.05) is 29.8 Å². The number of benzene rings is 2. The number of piperidine rings is 1. The molecule has 1 aliphatic rings. The Morgan fingerprint density at radius 1 is 1.12 bits per heavy atom. The topological polar surface area (TPSA) is 97.4 Å². The average molecular weight is 500 g/mol. The number of nitrogens with zero attached hydrogens (tertiary/aromatic N) is 3. The van der Waals surface area contributed by atoms with E-state index >= 15 is 0 Å². The van der Waals surface area contributed by atoms with Gasteiger partial charge in [-0.3, -0.25) is 0 Å². The number of para-hydroxylation sites is 2. The number of rotatable bonds is 8.